The molecule has 0 saturated heterocycles. The molecular formula is C52H36N6. The van der Waals surface area contributed by atoms with Crippen LogP contribution < -0.4 is 0 Å². The minimum atomic E-state index is 0.186. The van der Waals surface area contributed by atoms with Gasteiger partial charge in [0, 0.05) is 60.4 Å². The van der Waals surface area contributed by atoms with Crippen LogP contribution in [0.15, 0.2) is 176 Å². The molecular weight excluding hydrogens is 709 g/mol. The number of hydrogen-bond acceptors (Lipinski definition) is 2. The van der Waals surface area contributed by atoms with Gasteiger partial charge in [0.05, 0.1) is 44.7 Å². The second kappa shape index (κ2) is 12.0. The number of rotatable bonds is 4. The van der Waals surface area contributed by atoms with Gasteiger partial charge in [-0.1, -0.05) is 134 Å². The van der Waals surface area contributed by atoms with Crippen molar-refractivity contribution in [3.63, 3.8) is 0 Å². The van der Waals surface area contributed by atoms with Gasteiger partial charge in [-0.2, -0.15) is 0 Å². The van der Waals surface area contributed by atoms with E-state index in [1.54, 1.807) is 6.33 Å². The van der Waals surface area contributed by atoms with Crippen molar-refractivity contribution in [1.29, 1.82) is 0 Å². The van der Waals surface area contributed by atoms with E-state index in [9.17, 15) is 0 Å². The first-order valence-corrected chi connectivity index (χ1v) is 20.3. The first kappa shape index (κ1) is 31.7. The van der Waals surface area contributed by atoms with Gasteiger partial charge in [-0.3, -0.25) is 9.13 Å². The second-order valence-electron chi connectivity index (χ2n) is 15.6. The Labute approximate surface area is 333 Å². The molecule has 0 saturated carbocycles. The van der Waals surface area contributed by atoms with Crippen molar-refractivity contribution < 1.29 is 0 Å². The molecule has 11 aromatic rings. The SMILES string of the molecule is C1=CCC(n2c3ccccc3c3ccc4c5ccccc5n(-c5cc(-n6c7ccccc7c7ccc8c9ccccc9n(C9=CCCC=C9)c8c76)ncn5)c4c32)C=C1. The van der Waals surface area contributed by atoms with Gasteiger partial charge >= 0.3 is 0 Å². The van der Waals surface area contributed by atoms with Crippen LogP contribution in [0.5, 0.6) is 0 Å². The first-order valence-electron chi connectivity index (χ1n) is 20.3. The highest BCUT2D eigenvalue weighted by atomic mass is 15.2. The lowest BCUT2D eigenvalue weighted by Gasteiger charge is -2.19. The van der Waals surface area contributed by atoms with E-state index in [-0.39, 0.29) is 6.04 Å². The van der Waals surface area contributed by atoms with Gasteiger partial charge in [-0.25, -0.2) is 9.97 Å². The summed E-state index contributed by atoms with van der Waals surface area (Å²) in [4.78, 5) is 10.2. The van der Waals surface area contributed by atoms with Gasteiger partial charge in [0.15, 0.2) is 0 Å². The maximum absolute atomic E-state index is 5.12. The van der Waals surface area contributed by atoms with Crippen molar-refractivity contribution in [3.05, 3.63) is 176 Å². The molecule has 2 aliphatic rings. The van der Waals surface area contributed by atoms with E-state index in [1.807, 2.05) is 0 Å². The summed E-state index contributed by atoms with van der Waals surface area (Å²) in [7, 11) is 0. The molecule has 5 heterocycles. The molecule has 5 aromatic heterocycles. The largest absolute Gasteiger partial charge is 0.331 e. The quantitative estimate of drug-likeness (QED) is 0.180. The standard InChI is InChI=1S/C52H36N6/c1-3-15-33(16-4-1)55-43-23-11-7-19-35(43)39-27-29-41-37-21-9-13-25-45(37)57(51(41)49(39)55)47-31-48(54-32-53-47)58-46-26-14-10-22-38(46)42-30-28-40-36-20-8-12-24-44(36)56(50(40)52(42)58)34-17-5-2-6-18-34/h1,3-5,7-15,17-33H,2,6,16H2. The topological polar surface area (TPSA) is 45.5 Å². The van der Waals surface area contributed by atoms with E-state index in [1.165, 1.54) is 70.9 Å². The fourth-order valence-corrected chi connectivity index (χ4v) is 10.2. The van der Waals surface area contributed by atoms with Crippen molar-refractivity contribution in [3.8, 4) is 11.6 Å². The van der Waals surface area contributed by atoms with E-state index in [2.05, 4.69) is 188 Å². The zero-order valence-corrected chi connectivity index (χ0v) is 31.6. The van der Waals surface area contributed by atoms with Gasteiger partial charge in [-0.05, 0) is 49.6 Å². The van der Waals surface area contributed by atoms with Crippen molar-refractivity contribution in [2.75, 3.05) is 0 Å². The lowest BCUT2D eigenvalue weighted by molar-refractivity contribution is 0.648. The van der Waals surface area contributed by atoms with Crippen LogP contribution in [-0.4, -0.2) is 28.2 Å². The Morgan fingerprint density at radius 1 is 0.448 bits per heavy atom. The predicted molar refractivity (Wildman–Crippen MR) is 241 cm³/mol. The third-order valence-corrected chi connectivity index (χ3v) is 12.6. The zero-order valence-electron chi connectivity index (χ0n) is 31.6. The Balaban J connectivity index is 1.16. The number of hydrogen-bond donors (Lipinski definition) is 0. The van der Waals surface area contributed by atoms with E-state index >= 15 is 0 Å². The van der Waals surface area contributed by atoms with Crippen molar-refractivity contribution >= 4 is 92.9 Å². The van der Waals surface area contributed by atoms with Crippen LogP contribution in [0.2, 0.25) is 0 Å². The van der Waals surface area contributed by atoms with E-state index in [0.717, 1.165) is 53.0 Å². The first-order chi connectivity index (χ1) is 28.8. The third kappa shape index (κ3) is 4.26. The Morgan fingerprint density at radius 2 is 0.948 bits per heavy atom. The number of allylic oxidation sites excluding steroid dienone is 8. The predicted octanol–water partition coefficient (Wildman–Crippen LogP) is 13.1. The Bertz CT molecular complexity index is 3670. The van der Waals surface area contributed by atoms with Crippen molar-refractivity contribution in [2.24, 2.45) is 0 Å². The summed E-state index contributed by atoms with van der Waals surface area (Å²) in [5, 5.41) is 9.78. The molecule has 6 aromatic carbocycles. The molecule has 1 unspecified atom stereocenters. The highest BCUT2D eigenvalue weighted by Crippen LogP contribution is 2.44. The van der Waals surface area contributed by atoms with E-state index in [0.29, 0.717) is 0 Å². The van der Waals surface area contributed by atoms with Crippen LogP contribution in [0.1, 0.15) is 25.3 Å². The maximum atomic E-state index is 5.12. The summed E-state index contributed by atoms with van der Waals surface area (Å²) in [5.74, 6) is 1.66. The Morgan fingerprint density at radius 3 is 1.50 bits per heavy atom. The molecule has 1 atom stereocenters. The molecule has 6 nitrogen and oxygen atoms in total. The minimum absolute atomic E-state index is 0.186. The number of fused-ring (bicyclic) bond motifs is 14. The summed E-state index contributed by atoms with van der Waals surface area (Å²) >= 11 is 0. The van der Waals surface area contributed by atoms with Crippen LogP contribution in [0.25, 0.3) is 105 Å². The average Bonchev–Trinajstić information content (AvgIpc) is 4.02. The maximum Gasteiger partial charge on any atom is 0.143 e. The van der Waals surface area contributed by atoms with Gasteiger partial charge in [-0.15, -0.1) is 0 Å². The molecule has 274 valence electrons. The molecule has 0 N–H and O–H groups in total. The molecule has 2 aliphatic carbocycles. The van der Waals surface area contributed by atoms with Crippen LogP contribution in [-0.2, 0) is 0 Å². The molecule has 0 bridgehead atoms. The van der Waals surface area contributed by atoms with Gasteiger partial charge < -0.3 is 9.13 Å². The number of aromatic nitrogens is 6. The molecule has 13 rings (SSSR count). The summed E-state index contributed by atoms with van der Waals surface area (Å²) in [6, 6.07) is 46.8. The molecule has 0 aliphatic heterocycles. The monoisotopic (exact) mass is 744 g/mol. The third-order valence-electron chi connectivity index (χ3n) is 12.6. The normalized spacial score (nSPS) is 15.8. The van der Waals surface area contributed by atoms with Crippen LogP contribution >= 0.6 is 0 Å². The van der Waals surface area contributed by atoms with Gasteiger partial charge in [0.2, 0.25) is 0 Å². The summed E-state index contributed by atoms with van der Waals surface area (Å²) in [5.41, 5.74) is 10.6. The lowest BCUT2D eigenvalue weighted by Crippen LogP contribution is -2.08. The molecule has 0 amide bonds. The number of para-hydroxylation sites is 4. The second-order valence-corrected chi connectivity index (χ2v) is 15.6. The molecule has 6 heteroatoms. The summed E-state index contributed by atoms with van der Waals surface area (Å²) < 4.78 is 9.78. The van der Waals surface area contributed by atoms with E-state index in [4.69, 9.17) is 9.97 Å². The Kier molecular flexibility index (Phi) is 6.58. The van der Waals surface area contributed by atoms with Crippen LogP contribution in [0, 0.1) is 0 Å². The van der Waals surface area contributed by atoms with Crippen molar-refractivity contribution in [1.82, 2.24) is 28.2 Å². The minimum Gasteiger partial charge on any atom is -0.331 e. The Hall–Kier alpha value is -7.44. The molecule has 0 radical (unpaired) electrons. The number of nitrogens with zero attached hydrogens (tertiary/aromatic N) is 6. The fraction of sp³-hybridized carbons (Fsp3) is 0.0769. The van der Waals surface area contributed by atoms with Gasteiger partial charge in [0.1, 0.15) is 18.0 Å². The smallest absolute Gasteiger partial charge is 0.143 e. The highest BCUT2D eigenvalue weighted by molar-refractivity contribution is 6.25. The van der Waals surface area contributed by atoms with Crippen molar-refractivity contribution in [2.45, 2.75) is 25.3 Å². The molecule has 0 spiro atoms. The highest BCUT2D eigenvalue weighted by Gasteiger charge is 2.26. The van der Waals surface area contributed by atoms with Crippen LogP contribution in [0.3, 0.4) is 0 Å². The summed E-state index contributed by atoms with van der Waals surface area (Å²) in [6.45, 7) is 0. The van der Waals surface area contributed by atoms with Gasteiger partial charge in [0.25, 0.3) is 0 Å². The fourth-order valence-electron chi connectivity index (χ4n) is 10.2. The van der Waals surface area contributed by atoms with Crippen LogP contribution in [0.4, 0.5) is 0 Å². The number of benzene rings is 6. The lowest BCUT2D eigenvalue weighted by atomic mass is 10.1. The zero-order chi connectivity index (χ0) is 37.9. The molecule has 0 fully saturated rings. The average molecular weight is 745 g/mol. The molecule has 58 heavy (non-hydrogen) atoms. The van der Waals surface area contributed by atoms with E-state index < -0.39 is 0 Å². The summed E-state index contributed by atoms with van der Waals surface area (Å²) in [6.07, 6.45) is 20.7.